The van der Waals surface area contributed by atoms with Crippen molar-refractivity contribution in [3.05, 3.63) is 109 Å². The molecule has 0 bridgehead atoms. The van der Waals surface area contributed by atoms with Crippen LogP contribution in [-0.4, -0.2) is 36.4 Å². The Balaban J connectivity index is 3.53. The van der Waals surface area contributed by atoms with E-state index in [0.29, 0.717) is 12.8 Å². The van der Waals surface area contributed by atoms with Crippen LogP contribution in [0, 0.1) is 0 Å². The van der Waals surface area contributed by atoms with Crippen LogP contribution in [0.1, 0.15) is 271 Å². The number of ether oxygens (including phenoxy) is 2. The van der Waals surface area contributed by atoms with E-state index >= 15 is 0 Å². The summed E-state index contributed by atoms with van der Waals surface area (Å²) in [5, 5.41) is 9.67. The van der Waals surface area contributed by atoms with Gasteiger partial charge in [0.1, 0.15) is 6.61 Å². The van der Waals surface area contributed by atoms with Crippen LogP contribution < -0.4 is 0 Å². The van der Waals surface area contributed by atoms with Crippen molar-refractivity contribution in [1.82, 2.24) is 0 Å². The highest BCUT2D eigenvalue weighted by Gasteiger charge is 2.16. The maximum atomic E-state index is 12.3. The van der Waals surface area contributed by atoms with Crippen LogP contribution in [0.4, 0.5) is 0 Å². The number of carbonyl (C=O) groups is 2. The molecule has 0 aromatic carbocycles. The number of rotatable bonds is 53. The third-order valence-electron chi connectivity index (χ3n) is 12.6. The van der Waals surface area contributed by atoms with Gasteiger partial charge in [-0.05, 0) is 103 Å². The van der Waals surface area contributed by atoms with Crippen LogP contribution in [0.2, 0.25) is 0 Å². The lowest BCUT2D eigenvalue weighted by Gasteiger charge is -2.15. The lowest BCUT2D eigenvalue weighted by atomic mass is 10.0. The third kappa shape index (κ3) is 57.1. The molecule has 0 heterocycles. The highest BCUT2D eigenvalue weighted by Crippen LogP contribution is 2.15. The van der Waals surface area contributed by atoms with E-state index in [-0.39, 0.29) is 25.2 Å². The van der Waals surface area contributed by atoms with Gasteiger partial charge in [0.15, 0.2) is 6.10 Å². The minimum Gasteiger partial charge on any atom is -0.462 e. The molecule has 0 radical (unpaired) electrons. The van der Waals surface area contributed by atoms with E-state index in [1.807, 2.05) is 0 Å². The van der Waals surface area contributed by atoms with Crippen LogP contribution >= 0.6 is 0 Å². The summed E-state index contributed by atoms with van der Waals surface area (Å²) >= 11 is 0. The largest absolute Gasteiger partial charge is 0.462 e. The van der Waals surface area contributed by atoms with Gasteiger partial charge in [-0.25, -0.2) is 0 Å². The van der Waals surface area contributed by atoms with Crippen molar-refractivity contribution in [3.63, 3.8) is 0 Å². The van der Waals surface area contributed by atoms with Gasteiger partial charge in [0.2, 0.25) is 0 Å². The summed E-state index contributed by atoms with van der Waals surface area (Å²) in [5.41, 5.74) is 0. The molecule has 1 N–H and O–H groups in total. The fourth-order valence-corrected chi connectivity index (χ4v) is 8.15. The highest BCUT2D eigenvalue weighted by atomic mass is 16.6. The summed E-state index contributed by atoms with van der Waals surface area (Å²) in [6, 6.07) is 0. The fourth-order valence-electron chi connectivity index (χ4n) is 8.15. The molecule has 70 heavy (non-hydrogen) atoms. The van der Waals surface area contributed by atoms with Crippen LogP contribution in [0.15, 0.2) is 109 Å². The summed E-state index contributed by atoms with van der Waals surface area (Å²) in [6.45, 7) is 4.02. The number of hydrogen-bond donors (Lipinski definition) is 1. The van der Waals surface area contributed by atoms with Crippen molar-refractivity contribution in [2.24, 2.45) is 0 Å². The standard InChI is InChI=1S/C65H110O5/c1-3-5-7-9-11-13-15-17-19-21-23-25-27-29-31-32-34-36-38-40-42-44-46-48-50-52-54-56-58-60-65(68)70-63(61-66)62-69-64(67)59-57-55-53-51-49-47-45-43-41-39-37-35-33-30-28-26-24-22-20-18-16-14-12-10-8-6-4-2/h5,7,11,13,16-19,22-25,28-31,34,36,63,66H,3-4,6,8-10,12,14-15,20-21,26-27,32-33,35,37-62H2,1-2H3/b7-5-,13-11-,18-16-,19-17-,24-22-,25-23-,30-28-,31-29-,36-34-. The Labute approximate surface area is 433 Å². The van der Waals surface area contributed by atoms with Gasteiger partial charge in [-0.2, -0.15) is 0 Å². The molecule has 0 aliphatic carbocycles. The fraction of sp³-hybridized carbons (Fsp3) is 0.692. The van der Waals surface area contributed by atoms with E-state index in [9.17, 15) is 14.7 Å². The third-order valence-corrected chi connectivity index (χ3v) is 12.6. The molecule has 0 aromatic rings. The van der Waals surface area contributed by atoms with E-state index in [1.165, 1.54) is 154 Å². The number of esters is 2. The average molecular weight is 972 g/mol. The smallest absolute Gasteiger partial charge is 0.306 e. The van der Waals surface area contributed by atoms with Gasteiger partial charge in [0.05, 0.1) is 6.61 Å². The molecule has 0 rings (SSSR count). The zero-order chi connectivity index (χ0) is 50.6. The summed E-state index contributed by atoms with van der Waals surface area (Å²) < 4.78 is 10.7. The highest BCUT2D eigenvalue weighted by molar-refractivity contribution is 5.70. The topological polar surface area (TPSA) is 72.8 Å². The first-order valence-electron chi connectivity index (χ1n) is 29.4. The van der Waals surface area contributed by atoms with Gasteiger partial charge in [-0.15, -0.1) is 0 Å². The normalized spacial score (nSPS) is 13.0. The summed E-state index contributed by atoms with van der Waals surface area (Å²) in [7, 11) is 0. The van der Waals surface area contributed by atoms with Crippen molar-refractivity contribution in [3.8, 4) is 0 Å². The maximum absolute atomic E-state index is 12.3. The molecule has 400 valence electrons. The van der Waals surface area contributed by atoms with Gasteiger partial charge in [0, 0.05) is 12.8 Å². The molecule has 0 aliphatic rings. The van der Waals surface area contributed by atoms with E-state index in [0.717, 1.165) is 89.9 Å². The first-order valence-corrected chi connectivity index (χ1v) is 29.4. The minimum atomic E-state index is -0.783. The van der Waals surface area contributed by atoms with Crippen LogP contribution in [-0.2, 0) is 19.1 Å². The van der Waals surface area contributed by atoms with Crippen molar-refractivity contribution >= 4 is 11.9 Å². The van der Waals surface area contributed by atoms with E-state index in [4.69, 9.17) is 9.47 Å². The molecule has 0 saturated carbocycles. The van der Waals surface area contributed by atoms with Gasteiger partial charge in [-0.3, -0.25) is 9.59 Å². The molecule has 1 unspecified atom stereocenters. The molecule has 1 atom stereocenters. The molecular weight excluding hydrogens is 861 g/mol. The Bertz CT molecular complexity index is 1380. The Morgan fingerprint density at radius 1 is 0.343 bits per heavy atom. The molecule has 5 heteroatoms. The number of carbonyl (C=O) groups excluding carboxylic acids is 2. The zero-order valence-electron chi connectivity index (χ0n) is 45.7. The minimum absolute atomic E-state index is 0.0731. The number of unbranched alkanes of at least 4 members (excludes halogenated alkanes) is 27. The molecule has 0 saturated heterocycles. The average Bonchev–Trinajstić information content (AvgIpc) is 3.36. The Morgan fingerprint density at radius 3 is 0.929 bits per heavy atom. The lowest BCUT2D eigenvalue weighted by Crippen LogP contribution is -2.28. The molecule has 0 spiro atoms. The number of aliphatic hydroxyl groups is 1. The second-order valence-corrected chi connectivity index (χ2v) is 19.3. The van der Waals surface area contributed by atoms with E-state index in [1.54, 1.807) is 0 Å². The maximum Gasteiger partial charge on any atom is 0.306 e. The predicted molar refractivity (Wildman–Crippen MR) is 306 cm³/mol. The van der Waals surface area contributed by atoms with Gasteiger partial charge < -0.3 is 14.6 Å². The summed E-state index contributed by atoms with van der Waals surface area (Å²) in [4.78, 5) is 24.6. The number of hydrogen-bond acceptors (Lipinski definition) is 5. The Morgan fingerprint density at radius 2 is 0.614 bits per heavy atom. The predicted octanol–water partition coefficient (Wildman–Crippen LogP) is 20.1. The van der Waals surface area contributed by atoms with Crippen molar-refractivity contribution in [2.45, 2.75) is 277 Å². The van der Waals surface area contributed by atoms with Crippen LogP contribution in [0.3, 0.4) is 0 Å². The van der Waals surface area contributed by atoms with E-state index < -0.39 is 6.10 Å². The second kappa shape index (κ2) is 59.9. The second-order valence-electron chi connectivity index (χ2n) is 19.3. The Hall–Kier alpha value is -3.44. The molecule has 0 amide bonds. The van der Waals surface area contributed by atoms with Crippen LogP contribution in [0.25, 0.3) is 0 Å². The molecular formula is C65H110O5. The van der Waals surface area contributed by atoms with Crippen molar-refractivity contribution in [1.29, 1.82) is 0 Å². The van der Waals surface area contributed by atoms with Gasteiger partial charge >= 0.3 is 11.9 Å². The Kier molecular flexibility index (Phi) is 56.9. The molecule has 0 aromatic heterocycles. The summed E-state index contributed by atoms with van der Waals surface area (Å²) in [6.07, 6.45) is 86.3. The first kappa shape index (κ1) is 66.6. The molecule has 0 fully saturated rings. The molecule has 5 nitrogen and oxygen atoms in total. The zero-order valence-corrected chi connectivity index (χ0v) is 45.7. The lowest BCUT2D eigenvalue weighted by molar-refractivity contribution is -0.161. The van der Waals surface area contributed by atoms with E-state index in [2.05, 4.69) is 123 Å². The quantitative estimate of drug-likeness (QED) is 0.0373. The monoisotopic (exact) mass is 971 g/mol. The van der Waals surface area contributed by atoms with Crippen molar-refractivity contribution in [2.75, 3.05) is 13.2 Å². The van der Waals surface area contributed by atoms with Crippen LogP contribution in [0.5, 0.6) is 0 Å². The SMILES string of the molecule is CC/C=C\C/C=C\C/C=C\C/C=C\C/C=C\C/C=C\CCCCCCCCCCCCC(=O)OC(CO)COC(=O)CCCCCCCCCCCCCC/C=C\C/C=C\C/C=C\CCCCCCC. The van der Waals surface area contributed by atoms with Crippen molar-refractivity contribution < 1.29 is 24.2 Å². The molecule has 0 aliphatic heterocycles. The first-order chi connectivity index (χ1) is 34.6. The number of aliphatic hydroxyl groups excluding tert-OH is 1. The summed E-state index contributed by atoms with van der Waals surface area (Å²) in [5.74, 6) is -0.597. The van der Waals surface area contributed by atoms with Gasteiger partial charge in [-0.1, -0.05) is 264 Å². The number of allylic oxidation sites excluding steroid dienone is 18. The van der Waals surface area contributed by atoms with Gasteiger partial charge in [0.25, 0.3) is 0 Å².